The van der Waals surface area contributed by atoms with Crippen LogP contribution in [0.1, 0.15) is 5.69 Å². The Kier molecular flexibility index (Phi) is 1.84. The van der Waals surface area contributed by atoms with Gasteiger partial charge in [0.2, 0.25) is 0 Å². The molecule has 4 rings (SSSR count). The van der Waals surface area contributed by atoms with Gasteiger partial charge in [-0.3, -0.25) is 0 Å². The Morgan fingerprint density at radius 2 is 2.05 bits per heavy atom. The van der Waals surface area contributed by atoms with E-state index in [4.69, 9.17) is 4.63 Å². The molecular formula is C12H10N6O. The molecule has 7 heteroatoms. The van der Waals surface area contributed by atoms with Crippen molar-refractivity contribution in [3.63, 3.8) is 0 Å². The molecule has 1 aromatic carbocycles. The largest absolute Gasteiger partial charge is 0.335 e. The lowest BCUT2D eigenvalue weighted by Gasteiger charge is -1.95. The van der Waals surface area contributed by atoms with Gasteiger partial charge in [-0.1, -0.05) is 0 Å². The molecule has 94 valence electrons. The summed E-state index contributed by atoms with van der Waals surface area (Å²) < 4.78 is 6.46. The fourth-order valence-electron chi connectivity index (χ4n) is 2.24. The molecule has 0 fully saturated rings. The van der Waals surface area contributed by atoms with Crippen molar-refractivity contribution in [3.05, 3.63) is 23.9 Å². The summed E-state index contributed by atoms with van der Waals surface area (Å²) in [5.74, 6) is 0.788. The second-order valence-corrected chi connectivity index (χ2v) is 4.46. The Morgan fingerprint density at radius 3 is 2.89 bits per heavy atom. The monoisotopic (exact) mass is 254 g/mol. The predicted molar refractivity (Wildman–Crippen MR) is 68.4 cm³/mol. The number of fused-ring (bicyclic) bond motifs is 2. The van der Waals surface area contributed by atoms with Crippen LogP contribution in [0.2, 0.25) is 0 Å². The van der Waals surface area contributed by atoms with E-state index in [1.165, 1.54) is 0 Å². The van der Waals surface area contributed by atoms with Crippen LogP contribution in [0, 0.1) is 6.92 Å². The van der Waals surface area contributed by atoms with Gasteiger partial charge in [0.25, 0.3) is 0 Å². The van der Waals surface area contributed by atoms with Gasteiger partial charge in [0.1, 0.15) is 22.4 Å². The second-order valence-electron chi connectivity index (χ2n) is 4.46. The van der Waals surface area contributed by atoms with Crippen molar-refractivity contribution in [2.75, 3.05) is 0 Å². The molecule has 3 heterocycles. The van der Waals surface area contributed by atoms with E-state index in [0.29, 0.717) is 5.52 Å². The van der Waals surface area contributed by atoms with Gasteiger partial charge >= 0.3 is 0 Å². The van der Waals surface area contributed by atoms with Crippen LogP contribution in [0.15, 0.2) is 22.8 Å². The second kappa shape index (κ2) is 3.41. The van der Waals surface area contributed by atoms with E-state index in [2.05, 4.69) is 25.4 Å². The molecule has 4 aromatic rings. The van der Waals surface area contributed by atoms with E-state index in [0.717, 1.165) is 33.8 Å². The number of benzene rings is 1. The minimum absolute atomic E-state index is 0.716. The van der Waals surface area contributed by atoms with Crippen molar-refractivity contribution in [2.24, 2.45) is 7.05 Å². The number of nitrogens with zero attached hydrogens (tertiary/aromatic N) is 5. The Labute approximate surface area is 107 Å². The fourth-order valence-corrected chi connectivity index (χ4v) is 2.24. The van der Waals surface area contributed by atoms with Crippen LogP contribution in [0.25, 0.3) is 33.6 Å². The summed E-state index contributed by atoms with van der Waals surface area (Å²) in [5, 5.41) is 11.9. The first kappa shape index (κ1) is 10.2. The van der Waals surface area contributed by atoms with E-state index >= 15 is 0 Å². The van der Waals surface area contributed by atoms with Gasteiger partial charge in [-0.2, -0.15) is 5.10 Å². The Hall–Kier alpha value is -2.70. The fraction of sp³-hybridized carbons (Fsp3) is 0.167. The summed E-state index contributed by atoms with van der Waals surface area (Å²) in [5.41, 5.74) is 5.12. The molecule has 19 heavy (non-hydrogen) atoms. The van der Waals surface area contributed by atoms with Gasteiger partial charge < -0.3 is 4.98 Å². The minimum Gasteiger partial charge on any atom is -0.335 e. The summed E-state index contributed by atoms with van der Waals surface area (Å²) in [4.78, 5) is 7.85. The summed E-state index contributed by atoms with van der Waals surface area (Å²) >= 11 is 0. The van der Waals surface area contributed by atoms with E-state index in [1.54, 1.807) is 4.68 Å². The van der Waals surface area contributed by atoms with Crippen molar-refractivity contribution in [2.45, 2.75) is 6.92 Å². The van der Waals surface area contributed by atoms with Crippen molar-refractivity contribution >= 4 is 22.2 Å². The number of H-pyrrole nitrogens is 1. The third-order valence-corrected chi connectivity index (χ3v) is 3.18. The molecule has 0 aliphatic rings. The topological polar surface area (TPSA) is 85.4 Å². The number of hydrogen-bond acceptors (Lipinski definition) is 5. The minimum atomic E-state index is 0.716. The Bertz CT molecular complexity index is 865. The van der Waals surface area contributed by atoms with Crippen LogP contribution in [0.5, 0.6) is 0 Å². The third kappa shape index (κ3) is 1.38. The molecule has 7 nitrogen and oxygen atoms in total. The van der Waals surface area contributed by atoms with Crippen LogP contribution in [-0.2, 0) is 7.05 Å². The number of hydrogen-bond donors (Lipinski definition) is 1. The van der Waals surface area contributed by atoms with E-state index in [1.807, 2.05) is 32.2 Å². The maximum atomic E-state index is 4.69. The van der Waals surface area contributed by atoms with Crippen LogP contribution in [0.3, 0.4) is 0 Å². The maximum absolute atomic E-state index is 4.69. The average molecular weight is 254 g/mol. The quantitative estimate of drug-likeness (QED) is 0.560. The number of aryl methyl sites for hydroxylation is 2. The summed E-state index contributed by atoms with van der Waals surface area (Å²) in [6.07, 6.45) is 0. The summed E-state index contributed by atoms with van der Waals surface area (Å²) in [7, 11) is 1.88. The van der Waals surface area contributed by atoms with Crippen LogP contribution >= 0.6 is 0 Å². The lowest BCUT2D eigenvalue weighted by atomic mass is 10.2. The third-order valence-electron chi connectivity index (χ3n) is 3.18. The molecule has 0 aliphatic heterocycles. The summed E-state index contributed by atoms with van der Waals surface area (Å²) in [6.45, 7) is 1.95. The summed E-state index contributed by atoms with van der Waals surface area (Å²) in [6, 6.07) is 5.69. The first-order valence-electron chi connectivity index (χ1n) is 5.84. The Balaban J connectivity index is 1.95. The molecule has 0 radical (unpaired) electrons. The van der Waals surface area contributed by atoms with E-state index in [-0.39, 0.29) is 0 Å². The van der Waals surface area contributed by atoms with Gasteiger partial charge in [0.15, 0.2) is 5.65 Å². The standard InChI is InChI=1S/C12H10N6O/c1-6-10-12(18(2)15-6)14-11(13-10)7-3-4-8-9(5-7)17-19-16-8/h3-5H,1-2H3,(H,13,14). The molecular weight excluding hydrogens is 244 g/mol. The molecule has 0 aliphatic carbocycles. The molecule has 0 amide bonds. The lowest BCUT2D eigenvalue weighted by Crippen LogP contribution is -1.91. The van der Waals surface area contributed by atoms with E-state index in [9.17, 15) is 0 Å². The van der Waals surface area contributed by atoms with Crippen molar-refractivity contribution in [3.8, 4) is 11.4 Å². The highest BCUT2D eigenvalue weighted by atomic mass is 16.6. The van der Waals surface area contributed by atoms with Gasteiger partial charge in [0, 0.05) is 12.6 Å². The zero-order chi connectivity index (χ0) is 13.0. The highest BCUT2D eigenvalue weighted by Gasteiger charge is 2.13. The van der Waals surface area contributed by atoms with E-state index < -0.39 is 0 Å². The SMILES string of the molecule is Cc1nn(C)c2nc(-c3ccc4nonc4c3)[nH]c12. The first-order chi connectivity index (χ1) is 9.22. The Morgan fingerprint density at radius 1 is 1.21 bits per heavy atom. The number of rotatable bonds is 1. The lowest BCUT2D eigenvalue weighted by molar-refractivity contribution is 0.315. The zero-order valence-corrected chi connectivity index (χ0v) is 10.4. The predicted octanol–water partition coefficient (Wildman–Crippen LogP) is 1.81. The first-order valence-corrected chi connectivity index (χ1v) is 5.84. The van der Waals surface area contributed by atoms with Gasteiger partial charge in [-0.15, -0.1) is 0 Å². The molecule has 0 atom stereocenters. The van der Waals surface area contributed by atoms with Gasteiger partial charge in [-0.05, 0) is 35.4 Å². The van der Waals surface area contributed by atoms with Gasteiger partial charge in [-0.25, -0.2) is 14.3 Å². The van der Waals surface area contributed by atoms with Crippen molar-refractivity contribution < 1.29 is 4.63 Å². The number of aromatic nitrogens is 6. The van der Waals surface area contributed by atoms with Crippen molar-refractivity contribution in [1.29, 1.82) is 0 Å². The molecule has 0 saturated heterocycles. The highest BCUT2D eigenvalue weighted by molar-refractivity contribution is 5.83. The highest BCUT2D eigenvalue weighted by Crippen LogP contribution is 2.24. The smallest absolute Gasteiger partial charge is 0.176 e. The van der Waals surface area contributed by atoms with Crippen molar-refractivity contribution in [1.82, 2.24) is 30.1 Å². The number of nitrogens with one attached hydrogen (secondary N) is 1. The number of aromatic amines is 1. The molecule has 0 unspecified atom stereocenters. The number of imidazole rings is 1. The van der Waals surface area contributed by atoms with Crippen LogP contribution in [0.4, 0.5) is 0 Å². The molecule has 0 saturated carbocycles. The van der Waals surface area contributed by atoms with Crippen LogP contribution in [-0.4, -0.2) is 30.1 Å². The normalized spacial score (nSPS) is 11.7. The molecule has 0 bridgehead atoms. The van der Waals surface area contributed by atoms with Gasteiger partial charge in [0.05, 0.1) is 5.69 Å². The maximum Gasteiger partial charge on any atom is 0.176 e. The molecule has 1 N–H and O–H groups in total. The zero-order valence-electron chi connectivity index (χ0n) is 10.4. The molecule has 0 spiro atoms. The van der Waals surface area contributed by atoms with Crippen LogP contribution < -0.4 is 0 Å². The average Bonchev–Trinajstić information content (AvgIpc) is 3.08. The molecule has 3 aromatic heterocycles.